The molecule has 1 aromatic carbocycles. The molecule has 0 bridgehead atoms. The Morgan fingerprint density at radius 1 is 1.33 bits per heavy atom. The molecule has 0 saturated carbocycles. The molecule has 0 aliphatic heterocycles. The minimum Gasteiger partial charge on any atom is -0.383 e. The van der Waals surface area contributed by atoms with E-state index in [0.717, 1.165) is 5.56 Å². The number of methoxy groups -OCH3 is 2. The molecule has 0 unspecified atom stereocenters. The Morgan fingerprint density at radius 3 is 2.50 bits per heavy atom. The summed E-state index contributed by atoms with van der Waals surface area (Å²) in [6, 6.07) is 7.13. The number of nitriles is 1. The Bertz CT molecular complexity index is 618. The summed E-state index contributed by atoms with van der Waals surface area (Å²) in [5.41, 5.74) is 1.44. The Balaban J connectivity index is 2.89. The van der Waals surface area contributed by atoms with Gasteiger partial charge in [-0.1, -0.05) is 17.7 Å². The number of aryl methyl sites for hydroxylation is 1. The van der Waals surface area contributed by atoms with E-state index < -0.39 is 5.91 Å². The summed E-state index contributed by atoms with van der Waals surface area (Å²) in [6.07, 6.45) is 1.52. The van der Waals surface area contributed by atoms with Crippen LogP contribution in [0.4, 0.5) is 5.69 Å². The largest absolute Gasteiger partial charge is 0.383 e. The lowest BCUT2D eigenvalue weighted by Crippen LogP contribution is -2.27. The van der Waals surface area contributed by atoms with Gasteiger partial charge in [0.25, 0.3) is 5.91 Å². The third-order valence-corrected chi connectivity index (χ3v) is 3.52. The second-order valence-electron chi connectivity index (χ2n) is 5.09. The van der Waals surface area contributed by atoms with Gasteiger partial charge in [0.05, 0.1) is 13.2 Å². The molecule has 0 spiro atoms. The van der Waals surface area contributed by atoms with Gasteiger partial charge < -0.3 is 19.7 Å². The van der Waals surface area contributed by atoms with Crippen LogP contribution in [0.25, 0.3) is 0 Å². The van der Waals surface area contributed by atoms with E-state index in [2.05, 4.69) is 5.32 Å². The predicted molar refractivity (Wildman–Crippen MR) is 93.8 cm³/mol. The third-order valence-electron chi connectivity index (χ3n) is 3.29. The fraction of sp³-hybridized carbons (Fsp3) is 0.412. The summed E-state index contributed by atoms with van der Waals surface area (Å²) in [6.45, 7) is 3.91. The van der Waals surface area contributed by atoms with E-state index in [-0.39, 0.29) is 5.57 Å². The molecule has 1 N–H and O–H groups in total. The van der Waals surface area contributed by atoms with Crippen molar-refractivity contribution in [1.82, 2.24) is 4.90 Å². The Morgan fingerprint density at radius 2 is 1.96 bits per heavy atom. The highest BCUT2D eigenvalue weighted by Crippen LogP contribution is 2.20. The number of amides is 1. The fourth-order valence-electron chi connectivity index (χ4n) is 1.90. The highest BCUT2D eigenvalue weighted by molar-refractivity contribution is 6.31. The van der Waals surface area contributed by atoms with Crippen molar-refractivity contribution in [2.24, 2.45) is 0 Å². The number of nitrogens with zero attached hydrogens (tertiary/aromatic N) is 2. The Hall–Kier alpha value is -2.07. The number of rotatable bonds is 9. The summed E-state index contributed by atoms with van der Waals surface area (Å²) in [5, 5.41) is 12.5. The molecular formula is C17H22ClN3O3. The van der Waals surface area contributed by atoms with Crippen molar-refractivity contribution < 1.29 is 14.3 Å². The summed E-state index contributed by atoms with van der Waals surface area (Å²) < 4.78 is 10.1. The average Bonchev–Trinajstić information content (AvgIpc) is 2.57. The van der Waals surface area contributed by atoms with Crippen molar-refractivity contribution in [3.05, 3.63) is 40.6 Å². The van der Waals surface area contributed by atoms with Gasteiger partial charge in [-0.15, -0.1) is 0 Å². The zero-order valence-corrected chi connectivity index (χ0v) is 14.9. The number of ether oxygens (including phenoxy) is 2. The van der Waals surface area contributed by atoms with Gasteiger partial charge in [-0.3, -0.25) is 4.79 Å². The Labute approximate surface area is 147 Å². The number of hydrogen-bond donors (Lipinski definition) is 1. The normalized spacial score (nSPS) is 11.0. The van der Waals surface area contributed by atoms with Gasteiger partial charge in [0.2, 0.25) is 0 Å². The smallest absolute Gasteiger partial charge is 0.267 e. The minimum atomic E-state index is -0.484. The lowest BCUT2D eigenvalue weighted by atomic mass is 10.2. The lowest BCUT2D eigenvalue weighted by molar-refractivity contribution is -0.112. The molecule has 6 nitrogen and oxygen atoms in total. The van der Waals surface area contributed by atoms with Crippen molar-refractivity contribution in [3.8, 4) is 6.07 Å². The van der Waals surface area contributed by atoms with E-state index in [4.69, 9.17) is 21.1 Å². The van der Waals surface area contributed by atoms with E-state index in [0.29, 0.717) is 37.0 Å². The standard InChI is InChI=1S/C17H22ClN3O3/c1-13-4-5-15(18)10-16(13)20-17(22)14(11-19)12-21(6-8-23-2)7-9-24-3/h4-5,10,12H,6-9H2,1-3H3,(H,20,22)/b14-12-. The van der Waals surface area contributed by atoms with Gasteiger partial charge in [-0.05, 0) is 24.6 Å². The van der Waals surface area contributed by atoms with Gasteiger partial charge in [-0.25, -0.2) is 0 Å². The summed E-state index contributed by atoms with van der Waals surface area (Å²) >= 11 is 5.95. The zero-order chi connectivity index (χ0) is 17.9. The van der Waals surface area contributed by atoms with Crippen LogP contribution in [0.1, 0.15) is 5.56 Å². The minimum absolute atomic E-state index is 0.00146. The molecule has 1 aromatic rings. The van der Waals surface area contributed by atoms with E-state index in [9.17, 15) is 10.1 Å². The maximum atomic E-state index is 12.4. The van der Waals surface area contributed by atoms with Crippen molar-refractivity contribution in [3.63, 3.8) is 0 Å². The zero-order valence-electron chi connectivity index (χ0n) is 14.1. The van der Waals surface area contributed by atoms with E-state index in [1.807, 2.05) is 17.9 Å². The molecule has 0 aliphatic carbocycles. The van der Waals surface area contributed by atoms with Crippen LogP contribution in [-0.2, 0) is 14.3 Å². The van der Waals surface area contributed by atoms with Crippen LogP contribution in [-0.4, -0.2) is 51.3 Å². The molecule has 0 radical (unpaired) electrons. The summed E-state index contributed by atoms with van der Waals surface area (Å²) in [4.78, 5) is 14.2. The first-order valence-electron chi connectivity index (χ1n) is 7.43. The molecule has 0 aromatic heterocycles. The Kier molecular flexibility index (Phi) is 8.87. The second kappa shape index (κ2) is 10.7. The molecule has 0 heterocycles. The van der Waals surface area contributed by atoms with Crippen molar-refractivity contribution >= 4 is 23.2 Å². The fourth-order valence-corrected chi connectivity index (χ4v) is 2.07. The first-order chi connectivity index (χ1) is 11.5. The van der Waals surface area contributed by atoms with E-state index >= 15 is 0 Å². The van der Waals surface area contributed by atoms with E-state index in [1.54, 1.807) is 32.4 Å². The van der Waals surface area contributed by atoms with Crippen LogP contribution < -0.4 is 5.32 Å². The number of halogens is 1. The molecule has 0 aliphatic rings. The number of anilines is 1. The molecule has 1 amide bonds. The molecule has 1 rings (SSSR count). The summed E-state index contributed by atoms with van der Waals surface area (Å²) in [5.74, 6) is -0.484. The molecule has 7 heteroatoms. The highest BCUT2D eigenvalue weighted by Gasteiger charge is 2.13. The maximum Gasteiger partial charge on any atom is 0.267 e. The molecular weight excluding hydrogens is 330 g/mol. The first kappa shape index (κ1) is 20.0. The van der Waals surface area contributed by atoms with Crippen LogP contribution in [0.2, 0.25) is 5.02 Å². The van der Waals surface area contributed by atoms with Gasteiger partial charge in [0.15, 0.2) is 0 Å². The average molecular weight is 352 g/mol. The van der Waals surface area contributed by atoms with Crippen LogP contribution in [0, 0.1) is 18.3 Å². The summed E-state index contributed by atoms with van der Waals surface area (Å²) in [7, 11) is 3.19. The number of carbonyl (C=O) groups is 1. The number of nitrogens with one attached hydrogen (secondary N) is 1. The van der Waals surface area contributed by atoms with Crippen LogP contribution in [0.3, 0.4) is 0 Å². The van der Waals surface area contributed by atoms with Gasteiger partial charge >= 0.3 is 0 Å². The molecule has 24 heavy (non-hydrogen) atoms. The van der Waals surface area contributed by atoms with Crippen molar-refractivity contribution in [1.29, 1.82) is 5.26 Å². The number of hydrogen-bond acceptors (Lipinski definition) is 5. The molecule has 0 fully saturated rings. The number of carbonyl (C=O) groups excluding carboxylic acids is 1. The third kappa shape index (κ3) is 6.59. The van der Waals surface area contributed by atoms with Gasteiger partial charge in [-0.2, -0.15) is 5.26 Å². The monoisotopic (exact) mass is 351 g/mol. The first-order valence-corrected chi connectivity index (χ1v) is 7.81. The molecule has 0 atom stereocenters. The predicted octanol–water partition coefficient (Wildman–Crippen LogP) is 2.59. The highest BCUT2D eigenvalue weighted by atomic mass is 35.5. The number of benzene rings is 1. The molecule has 0 saturated heterocycles. The van der Waals surface area contributed by atoms with Crippen molar-refractivity contribution in [2.75, 3.05) is 45.8 Å². The van der Waals surface area contributed by atoms with Gasteiger partial charge in [0, 0.05) is 44.2 Å². The van der Waals surface area contributed by atoms with Crippen LogP contribution in [0.5, 0.6) is 0 Å². The van der Waals surface area contributed by atoms with Crippen LogP contribution >= 0.6 is 11.6 Å². The van der Waals surface area contributed by atoms with Crippen molar-refractivity contribution in [2.45, 2.75) is 6.92 Å². The van der Waals surface area contributed by atoms with E-state index in [1.165, 1.54) is 6.20 Å². The quantitative estimate of drug-likeness (QED) is 0.546. The van der Waals surface area contributed by atoms with Gasteiger partial charge in [0.1, 0.15) is 11.6 Å². The molecule has 130 valence electrons. The SMILES string of the molecule is COCCN(/C=C(/C#N)C(=O)Nc1cc(Cl)ccc1C)CCOC. The second-order valence-corrected chi connectivity index (χ2v) is 5.53. The maximum absolute atomic E-state index is 12.4. The van der Waals surface area contributed by atoms with Crippen LogP contribution in [0.15, 0.2) is 30.0 Å². The lowest BCUT2D eigenvalue weighted by Gasteiger charge is -2.20. The topological polar surface area (TPSA) is 74.6 Å².